The van der Waals surface area contributed by atoms with Gasteiger partial charge in [-0.15, -0.1) is 21.5 Å². The zero-order chi connectivity index (χ0) is 26.8. The summed E-state index contributed by atoms with van der Waals surface area (Å²) >= 11 is 1.50. The molecule has 2 aromatic heterocycles. The van der Waals surface area contributed by atoms with E-state index in [4.69, 9.17) is 16.4 Å². The number of ether oxygens (including phenoxy) is 1. The predicted octanol–water partition coefficient (Wildman–Crippen LogP) is 2.94. The smallest absolute Gasteiger partial charge is 0.228 e. The molecule has 0 radical (unpaired) electrons. The van der Waals surface area contributed by atoms with Gasteiger partial charge >= 0.3 is 0 Å². The fourth-order valence-electron chi connectivity index (χ4n) is 4.01. The van der Waals surface area contributed by atoms with Crippen LogP contribution in [0.1, 0.15) is 81.0 Å². The first-order valence-electron chi connectivity index (χ1n) is 12.1. The Morgan fingerprint density at radius 2 is 2.08 bits per heavy atom. The number of hydrazone groups is 1. The van der Waals surface area contributed by atoms with Crippen molar-refractivity contribution in [2.24, 2.45) is 16.8 Å². The minimum Gasteiger partial charge on any atom is -0.487 e. The predicted molar refractivity (Wildman–Crippen MR) is 144 cm³/mol. The molecule has 36 heavy (non-hydrogen) atoms. The van der Waals surface area contributed by atoms with E-state index in [2.05, 4.69) is 62.9 Å². The Morgan fingerprint density at radius 1 is 1.36 bits per heavy atom. The number of allylic oxidation sites excluding steroid dienone is 1. The second-order valence-electron chi connectivity index (χ2n) is 9.05. The topological polar surface area (TPSA) is 149 Å². The summed E-state index contributed by atoms with van der Waals surface area (Å²) in [4.78, 5) is 15.8. The second-order valence-corrected chi connectivity index (χ2v) is 10.1. The van der Waals surface area contributed by atoms with Crippen molar-refractivity contribution < 1.29 is 9.53 Å². The molecule has 2 aromatic rings. The zero-order valence-corrected chi connectivity index (χ0v) is 23.1. The van der Waals surface area contributed by atoms with E-state index < -0.39 is 0 Å². The van der Waals surface area contributed by atoms with Crippen LogP contribution in [0.4, 0.5) is 0 Å². The third kappa shape index (κ3) is 7.69. The molecule has 200 valence electrons. The van der Waals surface area contributed by atoms with Crippen molar-refractivity contribution in [1.29, 1.82) is 0 Å². The van der Waals surface area contributed by atoms with Crippen LogP contribution in [-0.2, 0) is 4.79 Å². The molecule has 2 atom stereocenters. The quantitative estimate of drug-likeness (QED) is 0.129. The summed E-state index contributed by atoms with van der Waals surface area (Å²) in [6.07, 6.45) is 2.37. The number of hydrogen-bond acceptors (Lipinski definition) is 9. The van der Waals surface area contributed by atoms with E-state index in [0.717, 1.165) is 40.1 Å². The Hall–Kier alpha value is -3.12. The number of aromatic nitrogens is 3. The van der Waals surface area contributed by atoms with Crippen molar-refractivity contribution in [2.75, 3.05) is 20.7 Å². The maximum Gasteiger partial charge on any atom is 0.228 e. The van der Waals surface area contributed by atoms with Crippen molar-refractivity contribution in [1.82, 2.24) is 30.4 Å². The van der Waals surface area contributed by atoms with E-state index >= 15 is 0 Å². The first-order valence-corrected chi connectivity index (χ1v) is 12.9. The molecule has 0 bridgehead atoms. The summed E-state index contributed by atoms with van der Waals surface area (Å²) in [5.74, 6) is 12.8. The molecule has 0 saturated carbocycles. The number of hydrogen-bond donors (Lipinski definition) is 4. The maximum absolute atomic E-state index is 12.6. The molecule has 0 fully saturated rings. The Balaban J connectivity index is 2.09. The van der Waals surface area contributed by atoms with Crippen molar-refractivity contribution in [3.63, 3.8) is 0 Å². The highest BCUT2D eigenvalue weighted by Gasteiger charge is 2.23. The second kappa shape index (κ2) is 13.8. The van der Waals surface area contributed by atoms with E-state index in [1.807, 2.05) is 26.1 Å². The van der Waals surface area contributed by atoms with Crippen LogP contribution in [0.15, 0.2) is 29.5 Å². The van der Waals surface area contributed by atoms with E-state index in [-0.39, 0.29) is 36.2 Å². The van der Waals surface area contributed by atoms with Gasteiger partial charge in [0, 0.05) is 42.5 Å². The zero-order valence-electron chi connectivity index (χ0n) is 22.2. The van der Waals surface area contributed by atoms with Crippen LogP contribution < -0.4 is 27.2 Å². The number of nitrogens with zero attached hydrogens (tertiary/aromatic N) is 5. The summed E-state index contributed by atoms with van der Waals surface area (Å²) in [6.45, 7) is 13.5. The largest absolute Gasteiger partial charge is 0.487 e. The van der Waals surface area contributed by atoms with Crippen molar-refractivity contribution >= 4 is 23.1 Å². The number of amides is 1. The number of carbonyl (C=O) groups excluding carboxylic acids is 1. The molecule has 11 nitrogen and oxygen atoms in total. The fourth-order valence-corrected chi connectivity index (χ4v) is 4.91. The van der Waals surface area contributed by atoms with Gasteiger partial charge < -0.3 is 30.8 Å². The van der Waals surface area contributed by atoms with Crippen LogP contribution in [0.3, 0.4) is 0 Å². The van der Waals surface area contributed by atoms with Crippen LogP contribution >= 0.6 is 11.3 Å². The van der Waals surface area contributed by atoms with Crippen molar-refractivity contribution in [3.05, 3.63) is 40.9 Å². The molecule has 0 aliphatic carbocycles. The standard InChI is InChI=1S/C24H41N9O2S/c1-8-18(33-17(5)30-31-24(33)15(2)3)13-16(4)32(6)12-11-19(20-9-10-23(35-7)36-20)27-22(34)14-21(28-25)29-26/h9-10,15,18-19H,4,8,11-14,25-26H2,1-3,5-7H3,(H,27,34)(H,28,29). The Bertz CT molecular complexity index is 1030. The maximum atomic E-state index is 12.6. The van der Waals surface area contributed by atoms with Gasteiger partial charge in [-0.1, -0.05) is 27.4 Å². The lowest BCUT2D eigenvalue weighted by molar-refractivity contribution is -0.120. The molecule has 1 amide bonds. The first kappa shape index (κ1) is 29.1. The number of rotatable bonds is 14. The van der Waals surface area contributed by atoms with E-state index in [0.29, 0.717) is 13.0 Å². The van der Waals surface area contributed by atoms with Gasteiger partial charge in [-0.3, -0.25) is 4.79 Å². The van der Waals surface area contributed by atoms with Crippen LogP contribution in [0.2, 0.25) is 0 Å². The number of hydrazine groups is 1. The summed E-state index contributed by atoms with van der Waals surface area (Å²) in [7, 11) is 3.66. The summed E-state index contributed by atoms with van der Waals surface area (Å²) in [6, 6.07) is 3.88. The van der Waals surface area contributed by atoms with Crippen LogP contribution in [0, 0.1) is 6.92 Å². The summed E-state index contributed by atoms with van der Waals surface area (Å²) in [5, 5.41) is 16.1. The molecule has 2 rings (SSSR count). The number of aryl methyl sites for hydroxylation is 1. The number of amidine groups is 1. The van der Waals surface area contributed by atoms with Gasteiger partial charge in [-0.25, -0.2) is 5.84 Å². The molecule has 2 heterocycles. The van der Waals surface area contributed by atoms with Gasteiger partial charge in [0.05, 0.1) is 19.6 Å². The number of carbonyl (C=O) groups is 1. The van der Waals surface area contributed by atoms with Crippen LogP contribution in [0.25, 0.3) is 0 Å². The third-order valence-corrected chi connectivity index (χ3v) is 7.30. The molecule has 0 aliphatic heterocycles. The van der Waals surface area contributed by atoms with Gasteiger partial charge in [0.2, 0.25) is 5.91 Å². The summed E-state index contributed by atoms with van der Waals surface area (Å²) in [5.41, 5.74) is 3.36. The molecule has 0 aliphatic rings. The average Bonchev–Trinajstić information content (AvgIpc) is 3.50. The molecular weight excluding hydrogens is 478 g/mol. The van der Waals surface area contributed by atoms with E-state index in [9.17, 15) is 4.79 Å². The number of methoxy groups -OCH3 is 1. The fraction of sp³-hybridized carbons (Fsp3) is 0.583. The summed E-state index contributed by atoms with van der Waals surface area (Å²) < 4.78 is 7.59. The average molecular weight is 520 g/mol. The van der Waals surface area contributed by atoms with Gasteiger partial charge in [-0.2, -0.15) is 5.10 Å². The highest BCUT2D eigenvalue weighted by Crippen LogP contribution is 2.32. The third-order valence-electron chi connectivity index (χ3n) is 6.14. The van der Waals surface area contributed by atoms with Gasteiger partial charge in [0.1, 0.15) is 17.5 Å². The molecule has 6 N–H and O–H groups in total. The van der Waals surface area contributed by atoms with Crippen LogP contribution in [-0.4, -0.2) is 52.1 Å². The van der Waals surface area contributed by atoms with E-state index in [1.165, 1.54) is 11.3 Å². The minimum absolute atomic E-state index is 0.0385. The van der Waals surface area contributed by atoms with Gasteiger partial charge in [0.25, 0.3) is 0 Å². The monoisotopic (exact) mass is 519 g/mol. The SMILES string of the molecule is C=C(CC(CC)n1c(C)nnc1C(C)C)N(C)CCC(NC(=O)C/C(=N/N)NN)c1ccc(OC)s1. The minimum atomic E-state index is -0.230. The lowest BCUT2D eigenvalue weighted by Gasteiger charge is -2.29. The highest BCUT2D eigenvalue weighted by molar-refractivity contribution is 7.13. The Kier molecular flexibility index (Phi) is 11.2. The van der Waals surface area contributed by atoms with E-state index in [1.54, 1.807) is 7.11 Å². The lowest BCUT2D eigenvalue weighted by Crippen LogP contribution is -2.38. The number of nitrogens with two attached hydrogens (primary N) is 2. The number of nitrogens with one attached hydrogen (secondary N) is 2. The van der Waals surface area contributed by atoms with Crippen LogP contribution in [0.5, 0.6) is 5.06 Å². The molecular formula is C24H41N9O2S. The lowest BCUT2D eigenvalue weighted by atomic mass is 10.1. The van der Waals surface area contributed by atoms with Crippen molar-refractivity contribution in [3.8, 4) is 5.06 Å². The van der Waals surface area contributed by atoms with Gasteiger partial charge in [-0.05, 0) is 31.9 Å². The molecule has 0 aromatic carbocycles. The normalized spacial score (nSPS) is 13.4. The molecule has 0 spiro atoms. The number of thiophene rings is 1. The van der Waals surface area contributed by atoms with Crippen molar-refractivity contribution in [2.45, 2.75) is 71.4 Å². The van der Waals surface area contributed by atoms with Gasteiger partial charge in [0.15, 0.2) is 5.06 Å². The molecule has 0 saturated heterocycles. The molecule has 12 heteroatoms. The highest BCUT2D eigenvalue weighted by atomic mass is 32.1. The molecule has 2 unspecified atom stereocenters. The Morgan fingerprint density at radius 3 is 2.64 bits per heavy atom. The first-order chi connectivity index (χ1) is 17.1. The Labute approximate surface area is 217 Å².